The van der Waals surface area contributed by atoms with Crippen molar-refractivity contribution >= 4 is 6.21 Å². The van der Waals surface area contributed by atoms with Crippen LogP contribution in [0.5, 0.6) is 0 Å². The minimum absolute atomic E-state index is 0.758. The Bertz CT molecular complexity index is 160. The van der Waals surface area contributed by atoms with Crippen LogP contribution >= 0.6 is 0 Å². The van der Waals surface area contributed by atoms with E-state index < -0.39 is 0 Å². The van der Waals surface area contributed by atoms with Gasteiger partial charge in [0.25, 0.3) is 0 Å². The first-order valence-electron chi connectivity index (χ1n) is 3.66. The normalized spacial score (nSPS) is 9.50. The fraction of sp³-hybridized carbons (Fsp3) is 0.556. The summed E-state index contributed by atoms with van der Waals surface area (Å²) in [4.78, 5) is 4.02. The molecule has 10 heavy (non-hydrogen) atoms. The van der Waals surface area contributed by atoms with Gasteiger partial charge in [0.15, 0.2) is 0 Å². The molecule has 0 radical (unpaired) electrons. The smallest absolute Gasteiger partial charge is 0.0640 e. The summed E-state index contributed by atoms with van der Waals surface area (Å²) in [5.74, 6) is 0. The highest BCUT2D eigenvalue weighted by atomic mass is 14.7. The Labute approximate surface area is 63.2 Å². The maximum atomic E-state index is 4.02. The van der Waals surface area contributed by atoms with Gasteiger partial charge in [-0.2, -0.15) is 0 Å². The second-order valence-corrected chi connectivity index (χ2v) is 2.11. The van der Waals surface area contributed by atoms with Crippen molar-refractivity contribution in [3.63, 3.8) is 0 Å². The van der Waals surface area contributed by atoms with Crippen LogP contribution in [0.25, 0.3) is 0 Å². The van der Waals surface area contributed by atoms with Crippen LogP contribution in [-0.4, -0.2) is 12.8 Å². The molecule has 0 spiro atoms. The van der Waals surface area contributed by atoms with Crippen LogP contribution in [-0.2, 0) is 0 Å². The Hall–Kier alpha value is -0.810. The SMILES string of the molecule is CC=NCC=C=C(C)CC. The molecule has 56 valence electrons. The minimum Gasteiger partial charge on any atom is -0.293 e. The fourth-order valence-corrected chi connectivity index (χ4v) is 0.480. The second kappa shape index (κ2) is 6.31. The lowest BCUT2D eigenvalue weighted by Crippen LogP contribution is -1.70. The molecule has 0 N–H and O–H groups in total. The van der Waals surface area contributed by atoms with Crippen LogP contribution in [0.3, 0.4) is 0 Å². The summed E-state index contributed by atoms with van der Waals surface area (Å²) in [6.07, 6.45) is 4.84. The van der Waals surface area contributed by atoms with Crippen LogP contribution in [0.15, 0.2) is 22.4 Å². The van der Waals surface area contributed by atoms with Crippen LogP contribution in [0.4, 0.5) is 0 Å². The highest BCUT2D eigenvalue weighted by molar-refractivity contribution is 5.53. The molecule has 0 rings (SSSR count). The van der Waals surface area contributed by atoms with Crippen molar-refractivity contribution in [3.05, 3.63) is 17.4 Å². The van der Waals surface area contributed by atoms with Crippen LogP contribution in [0.1, 0.15) is 27.2 Å². The van der Waals surface area contributed by atoms with E-state index in [1.54, 1.807) is 6.21 Å². The van der Waals surface area contributed by atoms with Gasteiger partial charge < -0.3 is 0 Å². The number of rotatable bonds is 3. The van der Waals surface area contributed by atoms with Gasteiger partial charge in [0.05, 0.1) is 6.54 Å². The highest BCUT2D eigenvalue weighted by Crippen LogP contribution is 1.93. The van der Waals surface area contributed by atoms with E-state index in [4.69, 9.17) is 0 Å². The van der Waals surface area contributed by atoms with E-state index in [-0.39, 0.29) is 0 Å². The molecule has 1 nitrogen and oxygen atoms in total. The van der Waals surface area contributed by atoms with Crippen molar-refractivity contribution < 1.29 is 0 Å². The van der Waals surface area contributed by atoms with E-state index in [1.807, 2.05) is 13.0 Å². The van der Waals surface area contributed by atoms with Gasteiger partial charge in [0.2, 0.25) is 0 Å². The van der Waals surface area contributed by atoms with Gasteiger partial charge in [-0.05, 0) is 38.1 Å². The molecule has 0 heterocycles. The summed E-state index contributed by atoms with van der Waals surface area (Å²) in [5.41, 5.74) is 4.43. The van der Waals surface area contributed by atoms with Crippen LogP contribution in [0, 0.1) is 0 Å². The van der Waals surface area contributed by atoms with Crippen molar-refractivity contribution in [2.75, 3.05) is 6.54 Å². The average Bonchev–Trinajstić information content (AvgIpc) is 1.98. The Morgan fingerprint density at radius 3 is 2.80 bits per heavy atom. The van der Waals surface area contributed by atoms with Gasteiger partial charge in [-0.3, -0.25) is 4.99 Å². The average molecular weight is 137 g/mol. The lowest BCUT2D eigenvalue weighted by Gasteiger charge is -1.84. The summed E-state index contributed by atoms with van der Waals surface area (Å²) in [6.45, 7) is 6.88. The first kappa shape index (κ1) is 9.19. The van der Waals surface area contributed by atoms with E-state index in [1.165, 1.54) is 5.57 Å². The zero-order valence-electron chi connectivity index (χ0n) is 7.02. The second-order valence-electron chi connectivity index (χ2n) is 2.11. The monoisotopic (exact) mass is 137 g/mol. The number of hydrogen-bond donors (Lipinski definition) is 0. The van der Waals surface area contributed by atoms with Crippen LogP contribution in [0.2, 0.25) is 0 Å². The number of aliphatic imine (C=N–C) groups is 1. The van der Waals surface area contributed by atoms with Gasteiger partial charge in [-0.25, -0.2) is 0 Å². The molecule has 0 amide bonds. The molecule has 0 aliphatic rings. The van der Waals surface area contributed by atoms with Gasteiger partial charge in [-0.15, -0.1) is 5.73 Å². The van der Waals surface area contributed by atoms with Gasteiger partial charge in [0.1, 0.15) is 0 Å². The molecule has 0 aromatic heterocycles. The molecule has 1 heteroatoms. The van der Waals surface area contributed by atoms with Crippen molar-refractivity contribution in [1.82, 2.24) is 0 Å². The molecule has 0 unspecified atom stereocenters. The van der Waals surface area contributed by atoms with Gasteiger partial charge in [-0.1, -0.05) is 6.92 Å². The summed E-state index contributed by atoms with van der Waals surface area (Å²) in [6, 6.07) is 0. The van der Waals surface area contributed by atoms with E-state index in [9.17, 15) is 0 Å². The summed E-state index contributed by atoms with van der Waals surface area (Å²) in [5, 5.41) is 0. The van der Waals surface area contributed by atoms with E-state index in [2.05, 4.69) is 24.6 Å². The summed E-state index contributed by atoms with van der Waals surface area (Å²) >= 11 is 0. The number of hydrogen-bond acceptors (Lipinski definition) is 1. The molecular formula is C9H15N. The molecule has 0 aromatic rings. The minimum atomic E-state index is 0.758. The molecule has 0 saturated heterocycles. The Morgan fingerprint density at radius 2 is 2.30 bits per heavy atom. The predicted octanol–water partition coefficient (Wildman–Crippen LogP) is 2.59. The standard InChI is InChI=1S/C9H15N/c1-4-9(3)7-6-8-10-5-2/h5-6H,4,8H2,1-3H3. The topological polar surface area (TPSA) is 12.4 Å². The third-order valence-electron chi connectivity index (χ3n) is 1.26. The molecule has 0 aliphatic carbocycles. The van der Waals surface area contributed by atoms with E-state index in [0.717, 1.165) is 13.0 Å². The molecule has 0 aliphatic heterocycles. The maximum absolute atomic E-state index is 4.02. The quantitative estimate of drug-likeness (QED) is 0.419. The Balaban J connectivity index is 3.73. The lowest BCUT2D eigenvalue weighted by atomic mass is 10.2. The first-order valence-corrected chi connectivity index (χ1v) is 3.66. The molecule has 0 bridgehead atoms. The van der Waals surface area contributed by atoms with Gasteiger partial charge in [0, 0.05) is 0 Å². The molecule has 0 aromatic carbocycles. The highest BCUT2D eigenvalue weighted by Gasteiger charge is 1.75. The van der Waals surface area contributed by atoms with Crippen molar-refractivity contribution in [2.24, 2.45) is 4.99 Å². The van der Waals surface area contributed by atoms with Crippen molar-refractivity contribution in [3.8, 4) is 0 Å². The first-order chi connectivity index (χ1) is 4.81. The third-order valence-corrected chi connectivity index (χ3v) is 1.26. The zero-order chi connectivity index (χ0) is 7.82. The van der Waals surface area contributed by atoms with Crippen molar-refractivity contribution in [1.29, 1.82) is 0 Å². The largest absolute Gasteiger partial charge is 0.293 e. The van der Waals surface area contributed by atoms with Crippen LogP contribution < -0.4 is 0 Å². The Morgan fingerprint density at radius 1 is 1.60 bits per heavy atom. The third kappa shape index (κ3) is 5.33. The Kier molecular flexibility index (Phi) is 5.80. The van der Waals surface area contributed by atoms with E-state index in [0.29, 0.717) is 0 Å². The molecule has 0 fully saturated rings. The molecular weight excluding hydrogens is 122 g/mol. The lowest BCUT2D eigenvalue weighted by molar-refractivity contribution is 1.10. The summed E-state index contributed by atoms with van der Waals surface area (Å²) < 4.78 is 0. The maximum Gasteiger partial charge on any atom is 0.0640 e. The molecule has 0 atom stereocenters. The fourth-order valence-electron chi connectivity index (χ4n) is 0.480. The van der Waals surface area contributed by atoms with Crippen molar-refractivity contribution in [2.45, 2.75) is 27.2 Å². The molecule has 0 saturated carbocycles. The van der Waals surface area contributed by atoms with E-state index >= 15 is 0 Å². The van der Waals surface area contributed by atoms with Gasteiger partial charge >= 0.3 is 0 Å². The number of nitrogens with zero attached hydrogens (tertiary/aromatic N) is 1. The predicted molar refractivity (Wildman–Crippen MR) is 46.6 cm³/mol. The zero-order valence-corrected chi connectivity index (χ0v) is 7.02. The summed E-state index contributed by atoms with van der Waals surface area (Å²) in [7, 11) is 0.